The number of nitrogens with zero attached hydrogens (tertiary/aromatic N) is 1. The summed E-state index contributed by atoms with van der Waals surface area (Å²) in [6.07, 6.45) is 9.23. The van der Waals surface area contributed by atoms with Crippen molar-refractivity contribution in [2.75, 3.05) is 6.61 Å². The van der Waals surface area contributed by atoms with Gasteiger partial charge < -0.3 is 4.74 Å². The second-order valence-electron chi connectivity index (χ2n) is 8.42. The van der Waals surface area contributed by atoms with Gasteiger partial charge in [-0.25, -0.2) is 4.39 Å². The lowest BCUT2D eigenvalue weighted by atomic mass is 9.92. The highest BCUT2D eigenvalue weighted by atomic mass is 19.1. The summed E-state index contributed by atoms with van der Waals surface area (Å²) < 4.78 is 19.1. The predicted octanol–water partition coefficient (Wildman–Crippen LogP) is 8.21. The van der Waals surface area contributed by atoms with Crippen LogP contribution in [0.1, 0.15) is 56.2 Å². The van der Waals surface area contributed by atoms with Crippen LogP contribution in [0.5, 0.6) is 0 Å². The number of pyridine rings is 1. The third kappa shape index (κ3) is 5.16. The molecule has 0 saturated heterocycles. The summed E-state index contributed by atoms with van der Waals surface area (Å²) in [4.78, 5) is 5.04. The summed E-state index contributed by atoms with van der Waals surface area (Å²) >= 11 is 0. The molecule has 3 heteroatoms. The Morgan fingerprint density at radius 1 is 1.12 bits per heavy atom. The van der Waals surface area contributed by atoms with E-state index in [-0.39, 0.29) is 5.82 Å². The lowest BCUT2D eigenvalue weighted by Gasteiger charge is -2.15. The number of allylic oxidation sites excluding steroid dienone is 2. The lowest BCUT2D eigenvalue weighted by molar-refractivity contribution is 0.224. The van der Waals surface area contributed by atoms with E-state index in [1.807, 2.05) is 31.2 Å². The fourth-order valence-corrected chi connectivity index (χ4v) is 4.12. The van der Waals surface area contributed by atoms with Crippen molar-refractivity contribution in [1.29, 1.82) is 0 Å². The van der Waals surface area contributed by atoms with Crippen LogP contribution in [0.2, 0.25) is 0 Å². The van der Waals surface area contributed by atoms with E-state index in [0.717, 1.165) is 57.5 Å². The second-order valence-corrected chi connectivity index (χ2v) is 8.42. The zero-order valence-corrected chi connectivity index (χ0v) is 18.7. The zero-order chi connectivity index (χ0) is 22.5. The largest absolute Gasteiger partial charge is 0.499 e. The third-order valence-electron chi connectivity index (χ3n) is 5.80. The molecule has 1 aromatic heterocycles. The Kier molecular flexibility index (Phi) is 6.84. The van der Waals surface area contributed by atoms with Crippen molar-refractivity contribution >= 4 is 17.0 Å². The number of ether oxygens (including phenoxy) is 1. The molecule has 2 nitrogen and oxygen atoms in total. The van der Waals surface area contributed by atoms with Gasteiger partial charge in [0.2, 0.25) is 0 Å². The quantitative estimate of drug-likeness (QED) is 0.240. The molecule has 0 aliphatic heterocycles. The van der Waals surface area contributed by atoms with E-state index in [1.54, 1.807) is 0 Å². The van der Waals surface area contributed by atoms with Crippen molar-refractivity contribution in [3.63, 3.8) is 0 Å². The molecule has 1 fully saturated rings. The van der Waals surface area contributed by atoms with Gasteiger partial charge in [-0.05, 0) is 56.4 Å². The maximum absolute atomic E-state index is 13.6. The van der Waals surface area contributed by atoms with Gasteiger partial charge in [-0.1, -0.05) is 61.2 Å². The molecule has 0 spiro atoms. The van der Waals surface area contributed by atoms with E-state index in [4.69, 9.17) is 9.72 Å². The van der Waals surface area contributed by atoms with Gasteiger partial charge in [0.05, 0.1) is 23.6 Å². The Bertz CT molecular complexity index is 1160. The maximum Gasteiger partial charge on any atom is 0.123 e. The van der Waals surface area contributed by atoms with Crippen LogP contribution in [0.4, 0.5) is 4.39 Å². The number of hydrogen-bond donors (Lipinski definition) is 0. The molecule has 4 rings (SSSR count). The maximum atomic E-state index is 13.6. The van der Waals surface area contributed by atoms with Crippen LogP contribution in [-0.4, -0.2) is 11.6 Å². The van der Waals surface area contributed by atoms with Gasteiger partial charge in [-0.15, -0.1) is 0 Å². The predicted molar refractivity (Wildman–Crippen MR) is 132 cm³/mol. The zero-order valence-electron chi connectivity index (χ0n) is 18.7. The molecule has 0 N–H and O–H groups in total. The molecule has 1 saturated carbocycles. The highest BCUT2D eigenvalue weighted by molar-refractivity contribution is 5.99. The molecule has 1 aliphatic rings. The van der Waals surface area contributed by atoms with E-state index in [1.165, 1.54) is 25.0 Å². The lowest BCUT2D eigenvalue weighted by Crippen LogP contribution is -1.98. The van der Waals surface area contributed by atoms with Crippen molar-refractivity contribution in [3.8, 4) is 11.1 Å². The molecule has 32 heavy (non-hydrogen) atoms. The summed E-state index contributed by atoms with van der Waals surface area (Å²) in [5.74, 6) is 1.05. The first-order valence-corrected chi connectivity index (χ1v) is 11.4. The van der Waals surface area contributed by atoms with Gasteiger partial charge >= 0.3 is 0 Å². The van der Waals surface area contributed by atoms with Gasteiger partial charge in [0.1, 0.15) is 5.82 Å². The van der Waals surface area contributed by atoms with Crippen LogP contribution in [0.15, 0.2) is 79.1 Å². The van der Waals surface area contributed by atoms with Gasteiger partial charge in [0, 0.05) is 28.9 Å². The van der Waals surface area contributed by atoms with Crippen LogP contribution in [0.3, 0.4) is 0 Å². The van der Waals surface area contributed by atoms with E-state index < -0.39 is 0 Å². The minimum atomic E-state index is -0.223. The van der Waals surface area contributed by atoms with Gasteiger partial charge in [-0.2, -0.15) is 0 Å². The first-order valence-electron chi connectivity index (χ1n) is 11.4. The number of benzene rings is 2. The molecule has 0 radical (unpaired) electrons. The fraction of sp³-hybridized carbons (Fsp3) is 0.276. The van der Waals surface area contributed by atoms with E-state index in [2.05, 4.69) is 37.4 Å². The summed E-state index contributed by atoms with van der Waals surface area (Å²) in [7, 11) is 0. The Morgan fingerprint density at radius 3 is 2.59 bits per heavy atom. The van der Waals surface area contributed by atoms with Crippen LogP contribution >= 0.6 is 0 Å². The number of halogens is 1. The van der Waals surface area contributed by atoms with Crippen molar-refractivity contribution in [2.45, 2.75) is 44.9 Å². The molecular formula is C29H30FNO. The smallest absolute Gasteiger partial charge is 0.123 e. The molecule has 0 amide bonds. The van der Waals surface area contributed by atoms with Crippen molar-refractivity contribution < 1.29 is 9.13 Å². The molecule has 0 unspecified atom stereocenters. The SMILES string of the molecule is C=C(CC/C=C/c1c(C2CC2)nc2ccccc2c1-c1ccc(F)cc1)CC(=C)OCC. The number of rotatable bonds is 10. The summed E-state index contributed by atoms with van der Waals surface area (Å²) in [5, 5.41) is 1.10. The molecule has 2 aromatic carbocycles. The number of fused-ring (bicyclic) bond motifs is 1. The molecule has 0 bridgehead atoms. The molecule has 0 atom stereocenters. The van der Waals surface area contributed by atoms with Gasteiger partial charge in [0.15, 0.2) is 0 Å². The Hall–Kier alpha value is -3.20. The Balaban J connectivity index is 1.66. The summed E-state index contributed by atoms with van der Waals surface area (Å²) in [6, 6.07) is 15.0. The normalized spacial score (nSPS) is 13.6. The monoisotopic (exact) mass is 427 g/mol. The first-order chi connectivity index (χ1) is 15.6. The molecule has 1 aliphatic carbocycles. The highest BCUT2D eigenvalue weighted by Gasteiger charge is 2.29. The van der Waals surface area contributed by atoms with Crippen LogP contribution in [-0.2, 0) is 4.74 Å². The topological polar surface area (TPSA) is 22.1 Å². The molecule has 164 valence electrons. The molecular weight excluding hydrogens is 397 g/mol. The second kappa shape index (κ2) is 9.95. The molecule has 1 heterocycles. The van der Waals surface area contributed by atoms with Crippen molar-refractivity contribution in [3.05, 3.63) is 96.2 Å². The van der Waals surface area contributed by atoms with E-state index >= 15 is 0 Å². The Labute approximate surface area is 190 Å². The van der Waals surface area contributed by atoms with Crippen LogP contribution < -0.4 is 0 Å². The minimum Gasteiger partial charge on any atom is -0.499 e. The van der Waals surface area contributed by atoms with E-state index in [0.29, 0.717) is 18.9 Å². The number of aromatic nitrogens is 1. The number of hydrogen-bond acceptors (Lipinski definition) is 2. The highest BCUT2D eigenvalue weighted by Crippen LogP contribution is 2.45. The van der Waals surface area contributed by atoms with Gasteiger partial charge in [0.25, 0.3) is 0 Å². The van der Waals surface area contributed by atoms with Gasteiger partial charge in [-0.3, -0.25) is 4.98 Å². The summed E-state index contributed by atoms with van der Waals surface area (Å²) in [5.41, 5.74) is 6.57. The minimum absolute atomic E-state index is 0.223. The van der Waals surface area contributed by atoms with Crippen LogP contribution in [0, 0.1) is 5.82 Å². The molecule has 3 aromatic rings. The fourth-order valence-electron chi connectivity index (χ4n) is 4.12. The standard InChI is InChI=1S/C29H30FNO/c1-4-32-21(3)19-20(2)9-5-6-11-26-28(22-15-17-24(30)18-16-22)25-10-7-8-12-27(25)31-29(26)23-13-14-23/h6-8,10-12,15-18,23H,2-5,9,13-14,19H2,1H3/b11-6+. The Morgan fingerprint density at radius 2 is 1.88 bits per heavy atom. The van der Waals surface area contributed by atoms with Crippen molar-refractivity contribution in [1.82, 2.24) is 4.98 Å². The van der Waals surface area contributed by atoms with Crippen LogP contribution in [0.25, 0.3) is 28.1 Å². The van der Waals surface area contributed by atoms with Crippen molar-refractivity contribution in [2.24, 2.45) is 0 Å². The average Bonchev–Trinajstić information content (AvgIpc) is 3.62. The van der Waals surface area contributed by atoms with E-state index in [9.17, 15) is 4.39 Å². The summed E-state index contributed by atoms with van der Waals surface area (Å²) in [6.45, 7) is 10.7. The average molecular weight is 428 g/mol. The number of para-hydroxylation sites is 1. The first kappa shape index (κ1) is 22.0. The third-order valence-corrected chi connectivity index (χ3v) is 5.80.